The number of hydrogen-bond donors (Lipinski definition) is 1. The van der Waals surface area contributed by atoms with E-state index in [0.717, 1.165) is 45.1 Å². The van der Waals surface area contributed by atoms with Gasteiger partial charge in [-0.3, -0.25) is 4.90 Å². The molecule has 16 heavy (non-hydrogen) atoms. The van der Waals surface area contributed by atoms with Gasteiger partial charge in [0.15, 0.2) is 0 Å². The standard InChI is InChI=1S/C12H17IN2O/c13-11-2-1-3-12(10-11)16-9-8-15-6-4-14-5-7-15/h1-3,10,14H,4-9H2. The quantitative estimate of drug-likeness (QED) is 0.848. The van der Waals surface area contributed by atoms with E-state index in [0.29, 0.717) is 0 Å². The highest BCUT2D eigenvalue weighted by Crippen LogP contribution is 2.14. The predicted molar refractivity (Wildman–Crippen MR) is 74.0 cm³/mol. The Balaban J connectivity index is 1.71. The highest BCUT2D eigenvalue weighted by molar-refractivity contribution is 14.1. The van der Waals surface area contributed by atoms with Crippen LogP contribution in [0, 0.1) is 3.57 Å². The summed E-state index contributed by atoms with van der Waals surface area (Å²) in [6.45, 7) is 6.27. The molecule has 4 heteroatoms. The van der Waals surface area contributed by atoms with Crippen LogP contribution in [0.3, 0.4) is 0 Å². The van der Waals surface area contributed by atoms with Crippen LogP contribution in [0.5, 0.6) is 5.75 Å². The SMILES string of the molecule is Ic1cccc(OCCN2CCNCC2)c1. The third-order valence-electron chi connectivity index (χ3n) is 2.68. The molecule has 1 N–H and O–H groups in total. The maximum Gasteiger partial charge on any atom is 0.120 e. The molecule has 2 rings (SSSR count). The van der Waals surface area contributed by atoms with Crippen LogP contribution in [0.1, 0.15) is 0 Å². The van der Waals surface area contributed by atoms with Gasteiger partial charge in [0, 0.05) is 36.3 Å². The molecule has 0 spiro atoms. The second-order valence-electron chi connectivity index (χ2n) is 3.90. The number of piperazine rings is 1. The zero-order valence-electron chi connectivity index (χ0n) is 9.29. The maximum absolute atomic E-state index is 5.72. The van der Waals surface area contributed by atoms with Crippen molar-refractivity contribution in [2.75, 3.05) is 39.3 Å². The van der Waals surface area contributed by atoms with Gasteiger partial charge in [-0.15, -0.1) is 0 Å². The van der Waals surface area contributed by atoms with Crippen LogP contribution < -0.4 is 10.1 Å². The first-order valence-corrected chi connectivity index (χ1v) is 6.74. The minimum Gasteiger partial charge on any atom is -0.492 e. The fraction of sp³-hybridized carbons (Fsp3) is 0.500. The van der Waals surface area contributed by atoms with E-state index in [9.17, 15) is 0 Å². The van der Waals surface area contributed by atoms with Crippen molar-refractivity contribution in [3.05, 3.63) is 27.8 Å². The summed E-state index contributed by atoms with van der Waals surface area (Å²) in [5, 5.41) is 3.35. The molecule has 1 aromatic carbocycles. The summed E-state index contributed by atoms with van der Waals surface area (Å²) in [5.41, 5.74) is 0. The molecule has 0 atom stereocenters. The van der Waals surface area contributed by atoms with Crippen molar-refractivity contribution in [2.24, 2.45) is 0 Å². The fourth-order valence-corrected chi connectivity index (χ4v) is 2.30. The van der Waals surface area contributed by atoms with Crippen LogP contribution in [-0.2, 0) is 0 Å². The first kappa shape index (κ1) is 12.1. The number of ether oxygens (including phenoxy) is 1. The molecule has 0 unspecified atom stereocenters. The zero-order chi connectivity index (χ0) is 11.2. The highest BCUT2D eigenvalue weighted by Gasteiger charge is 2.08. The summed E-state index contributed by atoms with van der Waals surface area (Å²) in [4.78, 5) is 2.43. The number of rotatable bonds is 4. The van der Waals surface area contributed by atoms with Gasteiger partial charge in [-0.1, -0.05) is 6.07 Å². The molecule has 1 aliphatic rings. The fourth-order valence-electron chi connectivity index (χ4n) is 1.78. The van der Waals surface area contributed by atoms with E-state index in [1.807, 2.05) is 12.1 Å². The molecule has 1 aliphatic heterocycles. The van der Waals surface area contributed by atoms with Crippen molar-refractivity contribution in [1.82, 2.24) is 10.2 Å². The highest BCUT2D eigenvalue weighted by atomic mass is 127. The summed E-state index contributed by atoms with van der Waals surface area (Å²) >= 11 is 2.30. The normalized spacial score (nSPS) is 17.3. The summed E-state index contributed by atoms with van der Waals surface area (Å²) in [7, 11) is 0. The number of nitrogens with one attached hydrogen (secondary N) is 1. The molecule has 1 saturated heterocycles. The topological polar surface area (TPSA) is 24.5 Å². The molecular formula is C12H17IN2O. The molecule has 1 fully saturated rings. The molecule has 0 radical (unpaired) electrons. The van der Waals surface area contributed by atoms with Crippen molar-refractivity contribution in [2.45, 2.75) is 0 Å². The molecule has 3 nitrogen and oxygen atoms in total. The Morgan fingerprint density at radius 2 is 2.12 bits per heavy atom. The van der Waals surface area contributed by atoms with Gasteiger partial charge in [0.05, 0.1) is 0 Å². The molecule has 0 amide bonds. The van der Waals surface area contributed by atoms with Gasteiger partial charge in [-0.2, -0.15) is 0 Å². The van der Waals surface area contributed by atoms with Crippen LogP contribution in [-0.4, -0.2) is 44.2 Å². The summed E-state index contributed by atoms with van der Waals surface area (Å²) < 4.78 is 6.94. The average molecular weight is 332 g/mol. The lowest BCUT2D eigenvalue weighted by Crippen LogP contribution is -2.44. The van der Waals surface area contributed by atoms with E-state index >= 15 is 0 Å². The van der Waals surface area contributed by atoms with Gasteiger partial charge in [0.25, 0.3) is 0 Å². The first-order valence-electron chi connectivity index (χ1n) is 5.66. The van der Waals surface area contributed by atoms with E-state index in [2.05, 4.69) is 44.9 Å². The molecule has 1 aromatic rings. The number of hydrogen-bond acceptors (Lipinski definition) is 3. The summed E-state index contributed by atoms with van der Waals surface area (Å²) in [6, 6.07) is 8.18. The van der Waals surface area contributed by atoms with Gasteiger partial charge in [0.2, 0.25) is 0 Å². The van der Waals surface area contributed by atoms with E-state index < -0.39 is 0 Å². The second-order valence-corrected chi connectivity index (χ2v) is 5.14. The number of halogens is 1. The Morgan fingerprint density at radius 3 is 2.88 bits per heavy atom. The minimum absolute atomic E-state index is 0.778. The molecule has 88 valence electrons. The Morgan fingerprint density at radius 1 is 1.31 bits per heavy atom. The first-order chi connectivity index (χ1) is 7.84. The monoisotopic (exact) mass is 332 g/mol. The Hall–Kier alpha value is -0.330. The van der Waals surface area contributed by atoms with Crippen LogP contribution in [0.2, 0.25) is 0 Å². The summed E-state index contributed by atoms with van der Waals surface area (Å²) in [6.07, 6.45) is 0. The average Bonchev–Trinajstić information content (AvgIpc) is 2.30. The lowest BCUT2D eigenvalue weighted by Gasteiger charge is -2.26. The van der Waals surface area contributed by atoms with Crippen LogP contribution in [0.15, 0.2) is 24.3 Å². The second kappa shape index (κ2) is 6.42. The molecule has 0 saturated carbocycles. The van der Waals surface area contributed by atoms with Crippen LogP contribution in [0.4, 0.5) is 0 Å². The van der Waals surface area contributed by atoms with Crippen molar-refractivity contribution in [1.29, 1.82) is 0 Å². The molecule has 0 bridgehead atoms. The maximum atomic E-state index is 5.72. The zero-order valence-corrected chi connectivity index (χ0v) is 11.4. The molecule has 0 aliphatic carbocycles. The van der Waals surface area contributed by atoms with Crippen LogP contribution in [0.25, 0.3) is 0 Å². The Labute approximate surface area is 110 Å². The predicted octanol–water partition coefficient (Wildman–Crippen LogP) is 1.58. The minimum atomic E-state index is 0.778. The molecular weight excluding hydrogens is 315 g/mol. The lowest BCUT2D eigenvalue weighted by molar-refractivity contribution is 0.191. The molecule has 0 aromatic heterocycles. The van der Waals surface area contributed by atoms with Crippen molar-refractivity contribution >= 4 is 22.6 Å². The van der Waals surface area contributed by atoms with Gasteiger partial charge in [-0.05, 0) is 40.8 Å². The number of benzene rings is 1. The van der Waals surface area contributed by atoms with Crippen molar-refractivity contribution in [3.63, 3.8) is 0 Å². The third-order valence-corrected chi connectivity index (χ3v) is 3.35. The third kappa shape index (κ3) is 3.92. The van der Waals surface area contributed by atoms with E-state index in [1.165, 1.54) is 3.57 Å². The smallest absolute Gasteiger partial charge is 0.120 e. The van der Waals surface area contributed by atoms with Crippen LogP contribution >= 0.6 is 22.6 Å². The van der Waals surface area contributed by atoms with Gasteiger partial charge < -0.3 is 10.1 Å². The van der Waals surface area contributed by atoms with E-state index in [4.69, 9.17) is 4.74 Å². The van der Waals surface area contributed by atoms with E-state index in [-0.39, 0.29) is 0 Å². The van der Waals surface area contributed by atoms with Gasteiger partial charge in [-0.25, -0.2) is 0 Å². The van der Waals surface area contributed by atoms with Gasteiger partial charge >= 0.3 is 0 Å². The Kier molecular flexibility index (Phi) is 4.87. The van der Waals surface area contributed by atoms with Gasteiger partial charge in [0.1, 0.15) is 12.4 Å². The number of nitrogens with zero attached hydrogens (tertiary/aromatic N) is 1. The Bertz CT molecular complexity index is 327. The summed E-state index contributed by atoms with van der Waals surface area (Å²) in [5.74, 6) is 0.974. The molecule has 1 heterocycles. The van der Waals surface area contributed by atoms with Crippen molar-refractivity contribution < 1.29 is 4.74 Å². The van der Waals surface area contributed by atoms with Crippen molar-refractivity contribution in [3.8, 4) is 5.75 Å². The lowest BCUT2D eigenvalue weighted by atomic mass is 10.3. The largest absolute Gasteiger partial charge is 0.492 e. The van der Waals surface area contributed by atoms with E-state index in [1.54, 1.807) is 0 Å².